The van der Waals surface area contributed by atoms with Gasteiger partial charge in [-0.05, 0) is 0 Å². The van der Waals surface area contributed by atoms with Crippen molar-refractivity contribution in [2.45, 2.75) is 29.4 Å². The van der Waals surface area contributed by atoms with Gasteiger partial charge in [-0.25, -0.2) is 0 Å². The van der Waals surface area contributed by atoms with Crippen LogP contribution in [0.5, 0.6) is 0 Å². The third-order valence-electron chi connectivity index (χ3n) is 4.05. The van der Waals surface area contributed by atoms with E-state index in [9.17, 15) is 17.1 Å². The van der Waals surface area contributed by atoms with Crippen LogP contribution in [0, 0.1) is 0 Å². The monoisotopic (exact) mass is 495 g/mol. The van der Waals surface area contributed by atoms with Crippen molar-refractivity contribution in [3.05, 3.63) is 65.7 Å². The number of carbonyl (C=O) groups is 1. The van der Waals surface area contributed by atoms with Crippen molar-refractivity contribution in [2.75, 3.05) is 5.32 Å². The zero-order valence-corrected chi connectivity index (χ0v) is 19.1. The molecule has 0 saturated carbocycles. The van der Waals surface area contributed by atoms with Gasteiger partial charge in [-0.15, -0.1) is 0 Å². The van der Waals surface area contributed by atoms with Gasteiger partial charge in [0, 0.05) is 0 Å². The fourth-order valence-electron chi connectivity index (χ4n) is 2.58. The molecule has 152 valence electrons. The third kappa shape index (κ3) is 6.73. The number of benzene rings is 2. The number of aryl methyl sites for hydroxylation is 1. The predicted octanol–water partition coefficient (Wildman–Crippen LogP) is 2.95. The Bertz CT molecular complexity index is 1060. The Kier molecular flexibility index (Phi) is 7.52. The second-order valence-corrected chi connectivity index (χ2v) is 12.1. The number of nitrogens with zero attached hydrogens (tertiary/aromatic N) is 2. The van der Waals surface area contributed by atoms with Gasteiger partial charge in [0.25, 0.3) is 0 Å². The average molecular weight is 495 g/mol. The van der Waals surface area contributed by atoms with Crippen LogP contribution in [0.1, 0.15) is 28.8 Å². The van der Waals surface area contributed by atoms with Crippen LogP contribution in [-0.4, -0.2) is 40.3 Å². The fourth-order valence-corrected chi connectivity index (χ4v) is 6.79. The van der Waals surface area contributed by atoms with E-state index in [-0.39, 0.29) is 5.56 Å². The van der Waals surface area contributed by atoms with Crippen molar-refractivity contribution in [1.29, 1.82) is 0 Å². The Morgan fingerprint density at radius 1 is 1.03 bits per heavy atom. The van der Waals surface area contributed by atoms with Crippen molar-refractivity contribution < 1.29 is 17.1 Å². The first kappa shape index (κ1) is 21.6. The maximum atomic E-state index is 12.9. The van der Waals surface area contributed by atoms with Gasteiger partial charge in [0.15, 0.2) is 0 Å². The van der Waals surface area contributed by atoms with Crippen molar-refractivity contribution in [2.24, 2.45) is 0 Å². The van der Waals surface area contributed by atoms with Crippen LogP contribution in [0.25, 0.3) is 0 Å². The Hall–Kier alpha value is -2.09. The van der Waals surface area contributed by atoms with E-state index in [1.807, 2.05) is 6.07 Å². The number of nitrogens with one attached hydrogen (secondary N) is 1. The Morgan fingerprint density at radius 3 is 2.45 bits per heavy atom. The van der Waals surface area contributed by atoms with Crippen LogP contribution < -0.4 is 9.11 Å². The Balaban J connectivity index is 1.44. The molecule has 1 amide bonds. The van der Waals surface area contributed by atoms with Gasteiger partial charge in [-0.2, -0.15) is 0 Å². The summed E-state index contributed by atoms with van der Waals surface area (Å²) >= 11 is 0.972. The average Bonchev–Trinajstić information content (AvgIpc) is 3.15. The van der Waals surface area contributed by atoms with E-state index < -0.39 is 36.8 Å². The van der Waals surface area contributed by atoms with Crippen molar-refractivity contribution in [1.82, 2.24) is 10.2 Å². The van der Waals surface area contributed by atoms with E-state index in [1.54, 1.807) is 0 Å². The first-order valence-corrected chi connectivity index (χ1v) is 13.6. The van der Waals surface area contributed by atoms with Crippen LogP contribution in [0.2, 0.25) is 5.21 Å². The van der Waals surface area contributed by atoms with Crippen LogP contribution in [0.15, 0.2) is 59.5 Å². The minimum absolute atomic E-state index is 0.214. The van der Waals surface area contributed by atoms with Crippen LogP contribution in [-0.2, 0) is 16.6 Å². The molecule has 0 fully saturated rings. The Morgan fingerprint density at radius 2 is 1.76 bits per heavy atom. The van der Waals surface area contributed by atoms with Gasteiger partial charge >= 0.3 is 180 Å². The summed E-state index contributed by atoms with van der Waals surface area (Å²) in [5, 5.41) is 12.3. The first-order chi connectivity index (χ1) is 13.9. The van der Waals surface area contributed by atoms with Gasteiger partial charge in [0.2, 0.25) is 0 Å². The number of unbranched alkanes of at least 4 members (excludes halogenated alkanes) is 1. The molecule has 0 bridgehead atoms. The molecule has 1 heterocycles. The maximum absolute atomic E-state index is 12.9. The quantitative estimate of drug-likeness (QED) is 0.280. The molecule has 0 radical (unpaired) electrons. The number of hydrogen-bond acceptors (Lipinski definition) is 6. The predicted molar refractivity (Wildman–Crippen MR) is 114 cm³/mol. The van der Waals surface area contributed by atoms with E-state index in [1.165, 1.54) is 29.0 Å². The summed E-state index contributed by atoms with van der Waals surface area (Å²) in [5.41, 5.74) is 1.57. The zero-order valence-electron chi connectivity index (χ0n) is 15.3. The molecule has 0 aliphatic rings. The molecule has 0 aliphatic heterocycles. The summed E-state index contributed by atoms with van der Waals surface area (Å²) in [6.07, 6.45) is 3.35. The standard InChI is InChI=1S/C19H19AsFN3O3S2/c21-29(26,27)16-11-9-15(10-12-16)17(25)22-19-24-23-18(28-19)20-13-5-4-8-14-6-2-1-3-7-14/h1-3,6-7,9-12,20H,4-5,8,13H2,(H,22,24,25). The molecule has 1 aromatic heterocycles. The van der Waals surface area contributed by atoms with E-state index in [0.29, 0.717) is 5.13 Å². The normalized spacial score (nSPS) is 11.8. The first-order valence-electron chi connectivity index (χ1n) is 8.89. The number of anilines is 1. The number of amides is 1. The molecular formula is C19H19AsFN3O3S2. The number of aromatic nitrogens is 2. The van der Waals surface area contributed by atoms with Gasteiger partial charge in [0.05, 0.1) is 0 Å². The van der Waals surface area contributed by atoms with Crippen molar-refractivity contribution >= 4 is 52.1 Å². The summed E-state index contributed by atoms with van der Waals surface area (Å²) in [6, 6.07) is 15.0. The molecule has 0 aliphatic carbocycles. The number of hydrogen-bond donors (Lipinski definition) is 1. The summed E-state index contributed by atoms with van der Waals surface area (Å²) in [7, 11) is -4.78. The van der Waals surface area contributed by atoms with Crippen LogP contribution in [0.3, 0.4) is 0 Å². The molecule has 0 spiro atoms. The number of halogens is 1. The second kappa shape index (κ2) is 10.1. The number of rotatable bonds is 9. The Labute approximate surface area is 179 Å². The molecule has 6 nitrogen and oxygen atoms in total. The summed E-state index contributed by atoms with van der Waals surface area (Å²) in [5.74, 6) is -0.446. The van der Waals surface area contributed by atoms with E-state index in [2.05, 4.69) is 39.8 Å². The molecule has 1 atom stereocenters. The molecule has 1 unspecified atom stereocenters. The second-order valence-electron chi connectivity index (χ2n) is 6.20. The topological polar surface area (TPSA) is 89.0 Å². The molecule has 1 N–H and O–H groups in total. The van der Waals surface area contributed by atoms with E-state index in [4.69, 9.17) is 0 Å². The molecule has 3 aromatic rings. The molecule has 0 saturated heterocycles. The molecule has 10 heteroatoms. The molecule has 3 rings (SSSR count). The van der Waals surface area contributed by atoms with Gasteiger partial charge in [-0.1, -0.05) is 0 Å². The molecule has 2 aromatic carbocycles. The summed E-state index contributed by atoms with van der Waals surface area (Å²) in [4.78, 5) is 11.7. The van der Waals surface area contributed by atoms with Crippen LogP contribution in [0.4, 0.5) is 9.02 Å². The van der Waals surface area contributed by atoms with Crippen LogP contribution >= 0.6 is 11.3 Å². The van der Waals surface area contributed by atoms with E-state index in [0.717, 1.165) is 40.4 Å². The van der Waals surface area contributed by atoms with Gasteiger partial charge in [0.1, 0.15) is 0 Å². The minimum atomic E-state index is -4.78. The van der Waals surface area contributed by atoms with Crippen molar-refractivity contribution in [3.8, 4) is 0 Å². The van der Waals surface area contributed by atoms with E-state index >= 15 is 0 Å². The van der Waals surface area contributed by atoms with Gasteiger partial charge < -0.3 is 0 Å². The molecular weight excluding hydrogens is 476 g/mol. The zero-order chi connectivity index (χ0) is 20.7. The number of carbonyl (C=O) groups excluding carboxylic acids is 1. The third-order valence-corrected chi connectivity index (χ3v) is 9.05. The summed E-state index contributed by atoms with van der Waals surface area (Å²) in [6.45, 7) is 0. The summed E-state index contributed by atoms with van der Waals surface area (Å²) < 4.78 is 35.5. The van der Waals surface area contributed by atoms with Crippen molar-refractivity contribution in [3.63, 3.8) is 0 Å². The fraction of sp³-hybridized carbons (Fsp3) is 0.211. The SMILES string of the molecule is O=C(Nc1nnc([AsH]CCCCc2ccccc2)s1)c1ccc(S(=O)(=O)F)cc1. The molecule has 29 heavy (non-hydrogen) atoms. The van der Waals surface area contributed by atoms with Gasteiger partial charge in [-0.3, -0.25) is 0 Å².